The van der Waals surface area contributed by atoms with Gasteiger partial charge < -0.3 is 16.0 Å². The molecule has 3 heterocycles. The Balaban J connectivity index is 1.50. The van der Waals surface area contributed by atoms with Crippen LogP contribution in [0.5, 0.6) is 0 Å². The number of anilines is 1. The number of carbonyl (C=O) groups excluding carboxylic acids is 1. The van der Waals surface area contributed by atoms with Crippen LogP contribution in [0.25, 0.3) is 21.1 Å². The van der Waals surface area contributed by atoms with Gasteiger partial charge in [0.2, 0.25) is 0 Å². The molecule has 3 aromatic heterocycles. The number of para-hydroxylation sites is 1. The van der Waals surface area contributed by atoms with Crippen molar-refractivity contribution in [2.75, 3.05) is 12.3 Å². The molecule has 5 nitrogen and oxygen atoms in total. The van der Waals surface area contributed by atoms with E-state index in [0.29, 0.717) is 17.1 Å². The maximum Gasteiger partial charge on any atom is 0.263 e. The van der Waals surface area contributed by atoms with Crippen molar-refractivity contribution in [1.29, 1.82) is 0 Å². The van der Waals surface area contributed by atoms with Crippen molar-refractivity contribution in [2.45, 2.75) is 26.7 Å². The molecule has 0 aliphatic rings. The van der Waals surface area contributed by atoms with Gasteiger partial charge in [0, 0.05) is 34.7 Å². The van der Waals surface area contributed by atoms with E-state index in [1.807, 2.05) is 31.3 Å². The molecule has 6 heteroatoms. The summed E-state index contributed by atoms with van der Waals surface area (Å²) >= 11 is 1.37. The van der Waals surface area contributed by atoms with Crippen molar-refractivity contribution in [3.63, 3.8) is 0 Å². The lowest BCUT2D eigenvalue weighted by Gasteiger charge is -2.04. The van der Waals surface area contributed by atoms with Crippen molar-refractivity contribution in [2.24, 2.45) is 0 Å². The number of aromatic amines is 1. The molecular weight excluding hydrogens is 356 g/mol. The molecule has 4 rings (SSSR count). The fourth-order valence-corrected chi connectivity index (χ4v) is 4.45. The maximum atomic E-state index is 12.7. The predicted octanol–water partition coefficient (Wildman–Crippen LogP) is 4.20. The summed E-state index contributed by atoms with van der Waals surface area (Å²) in [6.07, 6.45) is 3.63. The fraction of sp³-hybridized carbons (Fsp3) is 0.238. The highest BCUT2D eigenvalue weighted by molar-refractivity contribution is 7.21. The average molecular weight is 379 g/mol. The second-order valence-electron chi connectivity index (χ2n) is 6.67. The van der Waals surface area contributed by atoms with Gasteiger partial charge in [-0.3, -0.25) is 4.79 Å². The van der Waals surface area contributed by atoms with Gasteiger partial charge in [-0.1, -0.05) is 25.1 Å². The molecule has 0 fully saturated rings. The number of aromatic nitrogens is 2. The lowest BCUT2D eigenvalue weighted by Crippen LogP contribution is -2.25. The summed E-state index contributed by atoms with van der Waals surface area (Å²) in [5, 5.41) is 5.06. The number of nitrogens with zero attached hydrogens (tertiary/aromatic N) is 1. The van der Waals surface area contributed by atoms with Crippen LogP contribution in [0.4, 0.5) is 5.69 Å². The first kappa shape index (κ1) is 17.5. The van der Waals surface area contributed by atoms with E-state index < -0.39 is 0 Å². The van der Waals surface area contributed by atoms with E-state index in [-0.39, 0.29) is 5.91 Å². The molecule has 4 N–H and O–H groups in total. The molecule has 138 valence electrons. The Hall–Kier alpha value is -2.86. The molecule has 27 heavy (non-hydrogen) atoms. The van der Waals surface area contributed by atoms with Gasteiger partial charge in [0.1, 0.15) is 9.71 Å². The molecule has 1 aromatic carbocycles. The van der Waals surface area contributed by atoms with Crippen LogP contribution in [-0.4, -0.2) is 22.4 Å². The highest BCUT2D eigenvalue weighted by Crippen LogP contribution is 2.33. The number of carbonyl (C=O) groups is 1. The van der Waals surface area contributed by atoms with Crippen LogP contribution in [0.3, 0.4) is 0 Å². The van der Waals surface area contributed by atoms with Gasteiger partial charge >= 0.3 is 0 Å². The minimum Gasteiger partial charge on any atom is -0.397 e. The number of hydrogen-bond acceptors (Lipinski definition) is 4. The lowest BCUT2D eigenvalue weighted by atomic mass is 10.1. The molecule has 0 saturated carbocycles. The number of nitrogens with two attached hydrogens (primary N) is 1. The van der Waals surface area contributed by atoms with Crippen LogP contribution in [0.15, 0.2) is 36.5 Å². The smallest absolute Gasteiger partial charge is 0.263 e. The molecular formula is C21H22N4OS. The molecule has 0 bridgehead atoms. The Morgan fingerprint density at radius 2 is 2.11 bits per heavy atom. The van der Waals surface area contributed by atoms with Crippen LogP contribution < -0.4 is 11.1 Å². The third kappa shape index (κ3) is 3.17. The van der Waals surface area contributed by atoms with Crippen LogP contribution in [-0.2, 0) is 12.8 Å². The number of amides is 1. The van der Waals surface area contributed by atoms with Crippen LogP contribution in [0, 0.1) is 6.92 Å². The Morgan fingerprint density at radius 3 is 2.93 bits per heavy atom. The van der Waals surface area contributed by atoms with E-state index in [1.54, 1.807) is 0 Å². The number of benzene rings is 1. The Bertz CT molecular complexity index is 1140. The number of pyridine rings is 1. The molecule has 4 aromatic rings. The molecule has 0 atom stereocenters. The number of fused-ring (bicyclic) bond motifs is 2. The normalized spacial score (nSPS) is 11.3. The van der Waals surface area contributed by atoms with E-state index in [1.165, 1.54) is 22.3 Å². The lowest BCUT2D eigenvalue weighted by molar-refractivity contribution is 0.0959. The quantitative estimate of drug-likeness (QED) is 0.486. The average Bonchev–Trinajstić information content (AvgIpc) is 3.23. The first-order valence-electron chi connectivity index (χ1n) is 9.10. The van der Waals surface area contributed by atoms with E-state index in [9.17, 15) is 4.79 Å². The van der Waals surface area contributed by atoms with Gasteiger partial charge in [0.05, 0.1) is 5.69 Å². The topological polar surface area (TPSA) is 83.8 Å². The minimum atomic E-state index is -0.133. The van der Waals surface area contributed by atoms with Gasteiger partial charge in [-0.15, -0.1) is 11.3 Å². The maximum absolute atomic E-state index is 12.7. The van der Waals surface area contributed by atoms with Crippen molar-refractivity contribution in [3.05, 3.63) is 58.2 Å². The standard InChI is InChI=1S/C21H22N4OS/c1-3-16-12(2)10-15-18(22)19(27-21(15)25-16)20(26)23-9-8-13-11-24-17-7-5-4-6-14(13)17/h4-7,10-11,24H,3,8-9,22H2,1-2H3,(H,23,26). The third-order valence-electron chi connectivity index (χ3n) is 4.91. The number of nitrogens with one attached hydrogen (secondary N) is 2. The molecule has 1 amide bonds. The van der Waals surface area contributed by atoms with Gasteiger partial charge in [-0.2, -0.15) is 0 Å². The largest absolute Gasteiger partial charge is 0.397 e. The summed E-state index contributed by atoms with van der Waals surface area (Å²) in [4.78, 5) is 22.0. The second kappa shape index (κ2) is 7.04. The molecule has 0 aliphatic carbocycles. The number of nitrogen functional groups attached to an aromatic ring is 1. The van der Waals surface area contributed by atoms with E-state index in [0.717, 1.165) is 39.8 Å². The molecule has 0 aliphatic heterocycles. The summed E-state index contributed by atoms with van der Waals surface area (Å²) in [7, 11) is 0. The molecule has 0 unspecified atom stereocenters. The number of thiophene rings is 1. The van der Waals surface area contributed by atoms with Crippen molar-refractivity contribution >= 4 is 44.1 Å². The predicted molar refractivity (Wildman–Crippen MR) is 112 cm³/mol. The summed E-state index contributed by atoms with van der Waals surface area (Å²) in [6, 6.07) is 10.2. The minimum absolute atomic E-state index is 0.133. The van der Waals surface area contributed by atoms with Gasteiger partial charge in [-0.25, -0.2) is 4.98 Å². The zero-order chi connectivity index (χ0) is 19.0. The second-order valence-corrected chi connectivity index (χ2v) is 7.67. The zero-order valence-electron chi connectivity index (χ0n) is 15.4. The van der Waals surface area contributed by atoms with Gasteiger partial charge in [0.15, 0.2) is 0 Å². The van der Waals surface area contributed by atoms with Crippen LogP contribution in [0.2, 0.25) is 0 Å². The van der Waals surface area contributed by atoms with Crippen molar-refractivity contribution in [3.8, 4) is 0 Å². The molecule has 0 saturated heterocycles. The van der Waals surface area contributed by atoms with Gasteiger partial charge in [0.25, 0.3) is 5.91 Å². The summed E-state index contributed by atoms with van der Waals surface area (Å²) in [5.74, 6) is -0.133. The Morgan fingerprint density at radius 1 is 1.30 bits per heavy atom. The third-order valence-corrected chi connectivity index (χ3v) is 6.03. The van der Waals surface area contributed by atoms with E-state index >= 15 is 0 Å². The highest BCUT2D eigenvalue weighted by atomic mass is 32.1. The van der Waals surface area contributed by atoms with Crippen LogP contribution >= 0.6 is 11.3 Å². The summed E-state index contributed by atoms with van der Waals surface area (Å²) in [5.41, 5.74) is 11.2. The Kier molecular flexibility index (Phi) is 4.58. The molecule has 0 spiro atoms. The first-order chi connectivity index (χ1) is 13.1. The summed E-state index contributed by atoms with van der Waals surface area (Å²) < 4.78 is 0. The number of aryl methyl sites for hydroxylation is 2. The van der Waals surface area contributed by atoms with Crippen LogP contribution in [0.1, 0.15) is 33.4 Å². The zero-order valence-corrected chi connectivity index (χ0v) is 16.2. The Labute approximate surface area is 161 Å². The summed E-state index contributed by atoms with van der Waals surface area (Å²) in [6.45, 7) is 4.67. The molecule has 0 radical (unpaired) electrons. The fourth-order valence-electron chi connectivity index (χ4n) is 3.43. The van der Waals surface area contributed by atoms with Crippen molar-refractivity contribution < 1.29 is 4.79 Å². The van der Waals surface area contributed by atoms with Gasteiger partial charge in [-0.05, 0) is 43.0 Å². The highest BCUT2D eigenvalue weighted by Gasteiger charge is 2.18. The first-order valence-corrected chi connectivity index (χ1v) is 9.91. The number of rotatable bonds is 5. The van der Waals surface area contributed by atoms with Crippen molar-refractivity contribution in [1.82, 2.24) is 15.3 Å². The van der Waals surface area contributed by atoms with E-state index in [2.05, 4.69) is 34.3 Å². The number of H-pyrrole nitrogens is 1. The number of hydrogen-bond donors (Lipinski definition) is 3. The SMILES string of the molecule is CCc1nc2sc(C(=O)NCCc3c[nH]c4ccccc34)c(N)c2cc1C. The monoisotopic (exact) mass is 378 g/mol. The van der Waals surface area contributed by atoms with E-state index in [4.69, 9.17) is 5.73 Å².